The van der Waals surface area contributed by atoms with E-state index < -0.39 is 12.1 Å². The van der Waals surface area contributed by atoms with Gasteiger partial charge in [-0.15, -0.1) is 0 Å². The molecule has 0 bridgehead atoms. The van der Waals surface area contributed by atoms with Crippen LogP contribution in [0.25, 0.3) is 0 Å². The molecule has 4 heteroatoms. The maximum atomic E-state index is 10.1. The van der Waals surface area contributed by atoms with Crippen molar-refractivity contribution in [1.82, 2.24) is 0 Å². The van der Waals surface area contributed by atoms with E-state index in [-0.39, 0.29) is 13.2 Å². The molecular formula is C5H11NO3. The summed E-state index contributed by atoms with van der Waals surface area (Å²) < 4.78 is 4.43. The summed E-state index contributed by atoms with van der Waals surface area (Å²) in [6.07, 6.45) is -0.728. The molecule has 0 amide bonds. The van der Waals surface area contributed by atoms with Crippen molar-refractivity contribution in [3.63, 3.8) is 0 Å². The second-order valence-electron chi connectivity index (χ2n) is 1.69. The number of aliphatic hydroxyl groups is 1. The summed E-state index contributed by atoms with van der Waals surface area (Å²) >= 11 is 0. The van der Waals surface area contributed by atoms with Crippen LogP contribution in [0.3, 0.4) is 0 Å². The lowest BCUT2D eigenvalue weighted by Gasteiger charge is -2.05. The number of ether oxygens (including phenoxy) is 1. The third-order valence-corrected chi connectivity index (χ3v) is 0.751. The molecule has 3 N–H and O–H groups in total. The van der Waals surface area contributed by atoms with Crippen LogP contribution in [0.5, 0.6) is 0 Å². The van der Waals surface area contributed by atoms with Gasteiger partial charge in [-0.1, -0.05) is 0 Å². The van der Waals surface area contributed by atoms with Crippen molar-refractivity contribution >= 4 is 5.97 Å². The van der Waals surface area contributed by atoms with Gasteiger partial charge in [0, 0.05) is 13.5 Å². The molecule has 1 atom stereocenters. The number of esters is 1. The first-order valence-corrected chi connectivity index (χ1v) is 2.68. The van der Waals surface area contributed by atoms with E-state index in [0.717, 1.165) is 0 Å². The van der Waals surface area contributed by atoms with Crippen molar-refractivity contribution in [2.45, 2.75) is 13.0 Å². The highest BCUT2D eigenvalue weighted by Gasteiger charge is 2.01. The van der Waals surface area contributed by atoms with Gasteiger partial charge in [-0.05, 0) is 0 Å². The normalized spacial score (nSPS) is 12.8. The molecule has 0 aliphatic rings. The first-order valence-electron chi connectivity index (χ1n) is 2.68. The van der Waals surface area contributed by atoms with Crippen LogP contribution in [0.1, 0.15) is 6.92 Å². The van der Waals surface area contributed by atoms with Crippen molar-refractivity contribution in [2.24, 2.45) is 5.73 Å². The number of aliphatic hydroxyl groups excluding tert-OH is 1. The van der Waals surface area contributed by atoms with Crippen LogP contribution in [-0.2, 0) is 9.53 Å². The fraction of sp³-hybridized carbons (Fsp3) is 0.800. The number of carbonyl (C=O) groups excluding carboxylic acids is 1. The van der Waals surface area contributed by atoms with Gasteiger partial charge in [0.1, 0.15) is 12.7 Å². The van der Waals surface area contributed by atoms with Crippen molar-refractivity contribution in [1.29, 1.82) is 0 Å². The summed E-state index contributed by atoms with van der Waals surface area (Å²) in [5.41, 5.74) is 5.02. The molecule has 9 heavy (non-hydrogen) atoms. The zero-order valence-electron chi connectivity index (χ0n) is 5.33. The lowest BCUT2D eigenvalue weighted by molar-refractivity contribution is -0.143. The van der Waals surface area contributed by atoms with E-state index in [0.29, 0.717) is 0 Å². The predicted octanol–water partition coefficient (Wildman–Crippen LogP) is -1.13. The molecule has 0 spiro atoms. The smallest absolute Gasteiger partial charge is 0.302 e. The lowest BCUT2D eigenvalue weighted by atomic mass is 10.4. The SMILES string of the molecule is CC(=O)OCC(O)CN. The second-order valence-corrected chi connectivity index (χ2v) is 1.69. The monoisotopic (exact) mass is 133 g/mol. The third kappa shape index (κ3) is 5.26. The first kappa shape index (κ1) is 8.39. The Bertz CT molecular complexity index is 94.2. The Morgan fingerprint density at radius 2 is 2.44 bits per heavy atom. The summed E-state index contributed by atoms with van der Waals surface area (Å²) in [7, 11) is 0. The molecule has 1 unspecified atom stereocenters. The van der Waals surface area contributed by atoms with E-state index in [1.165, 1.54) is 6.92 Å². The molecule has 54 valence electrons. The van der Waals surface area contributed by atoms with Crippen LogP contribution in [-0.4, -0.2) is 30.3 Å². The molecule has 0 aromatic heterocycles. The Kier molecular flexibility index (Phi) is 4.00. The molecular weight excluding hydrogens is 122 g/mol. The number of carbonyl (C=O) groups is 1. The highest BCUT2D eigenvalue weighted by molar-refractivity contribution is 5.65. The Balaban J connectivity index is 3.16. The van der Waals surface area contributed by atoms with Crippen LogP contribution < -0.4 is 5.73 Å². The molecule has 0 fully saturated rings. The molecule has 0 heterocycles. The summed E-state index contributed by atoms with van der Waals surface area (Å²) in [5.74, 6) is -0.400. The number of hydrogen-bond donors (Lipinski definition) is 2. The zero-order valence-corrected chi connectivity index (χ0v) is 5.33. The zero-order chi connectivity index (χ0) is 7.28. The maximum Gasteiger partial charge on any atom is 0.302 e. The molecule has 4 nitrogen and oxygen atoms in total. The second kappa shape index (κ2) is 4.29. The van der Waals surface area contributed by atoms with Gasteiger partial charge in [-0.25, -0.2) is 0 Å². The number of hydrogen-bond acceptors (Lipinski definition) is 4. The highest BCUT2D eigenvalue weighted by Crippen LogP contribution is 1.81. The summed E-state index contributed by atoms with van der Waals surface area (Å²) in [4.78, 5) is 10.1. The highest BCUT2D eigenvalue weighted by atomic mass is 16.5. The van der Waals surface area contributed by atoms with Gasteiger partial charge in [-0.3, -0.25) is 4.79 Å². The minimum atomic E-state index is -0.728. The van der Waals surface area contributed by atoms with Gasteiger partial charge < -0.3 is 15.6 Å². The van der Waals surface area contributed by atoms with Crippen molar-refractivity contribution in [3.05, 3.63) is 0 Å². The Labute approximate surface area is 53.6 Å². The van der Waals surface area contributed by atoms with E-state index in [1.807, 2.05) is 0 Å². The third-order valence-electron chi connectivity index (χ3n) is 0.751. The Morgan fingerprint density at radius 1 is 1.89 bits per heavy atom. The van der Waals surface area contributed by atoms with Gasteiger partial charge in [-0.2, -0.15) is 0 Å². The van der Waals surface area contributed by atoms with E-state index in [4.69, 9.17) is 10.8 Å². The van der Waals surface area contributed by atoms with Gasteiger partial charge in [0.15, 0.2) is 0 Å². The molecule has 0 aliphatic heterocycles. The molecule has 0 saturated carbocycles. The number of nitrogens with two attached hydrogens (primary N) is 1. The largest absolute Gasteiger partial charge is 0.463 e. The standard InChI is InChI=1S/C5H11NO3/c1-4(7)9-3-5(8)2-6/h5,8H,2-3,6H2,1H3. The lowest BCUT2D eigenvalue weighted by Crippen LogP contribution is -2.25. The van der Waals surface area contributed by atoms with E-state index in [2.05, 4.69) is 4.74 Å². The number of rotatable bonds is 3. The average Bonchev–Trinajstić information content (AvgIpc) is 1.83. The van der Waals surface area contributed by atoms with Crippen LogP contribution in [0, 0.1) is 0 Å². The predicted molar refractivity (Wildman–Crippen MR) is 31.7 cm³/mol. The topological polar surface area (TPSA) is 72.5 Å². The van der Waals surface area contributed by atoms with E-state index in [9.17, 15) is 4.79 Å². The van der Waals surface area contributed by atoms with Crippen molar-refractivity contribution in [2.75, 3.05) is 13.2 Å². The van der Waals surface area contributed by atoms with Crippen LogP contribution >= 0.6 is 0 Å². The van der Waals surface area contributed by atoms with E-state index >= 15 is 0 Å². The minimum absolute atomic E-state index is 0.00810. The fourth-order valence-corrected chi connectivity index (χ4v) is 0.282. The fourth-order valence-electron chi connectivity index (χ4n) is 0.282. The van der Waals surface area contributed by atoms with Crippen molar-refractivity contribution < 1.29 is 14.6 Å². The molecule has 0 rings (SSSR count). The quantitative estimate of drug-likeness (QED) is 0.478. The summed E-state index contributed by atoms with van der Waals surface area (Å²) in [5, 5.41) is 8.70. The summed E-state index contributed by atoms with van der Waals surface area (Å²) in [6, 6.07) is 0. The van der Waals surface area contributed by atoms with Gasteiger partial charge in [0.25, 0.3) is 0 Å². The van der Waals surface area contributed by atoms with Gasteiger partial charge in [0.05, 0.1) is 0 Å². The average molecular weight is 133 g/mol. The minimum Gasteiger partial charge on any atom is -0.463 e. The maximum absolute atomic E-state index is 10.1. The van der Waals surface area contributed by atoms with Gasteiger partial charge >= 0.3 is 5.97 Å². The van der Waals surface area contributed by atoms with Crippen LogP contribution in [0.4, 0.5) is 0 Å². The summed E-state index contributed by atoms with van der Waals surface area (Å²) in [6.45, 7) is 1.39. The van der Waals surface area contributed by atoms with E-state index in [1.54, 1.807) is 0 Å². The van der Waals surface area contributed by atoms with Crippen molar-refractivity contribution in [3.8, 4) is 0 Å². The molecule has 0 radical (unpaired) electrons. The van der Waals surface area contributed by atoms with Crippen LogP contribution in [0.2, 0.25) is 0 Å². The molecule has 0 aromatic rings. The Hall–Kier alpha value is -0.610. The molecule has 0 aromatic carbocycles. The Morgan fingerprint density at radius 3 is 2.78 bits per heavy atom. The first-order chi connectivity index (χ1) is 4.16. The molecule has 0 saturated heterocycles. The molecule has 0 aliphatic carbocycles. The van der Waals surface area contributed by atoms with Gasteiger partial charge in [0.2, 0.25) is 0 Å². The van der Waals surface area contributed by atoms with Crippen LogP contribution in [0.15, 0.2) is 0 Å².